The summed E-state index contributed by atoms with van der Waals surface area (Å²) in [4.78, 5) is 28.4. The molecule has 0 aromatic carbocycles. The van der Waals surface area contributed by atoms with Gasteiger partial charge in [-0.3, -0.25) is 14.9 Å². The third-order valence-electron chi connectivity index (χ3n) is 2.30. The van der Waals surface area contributed by atoms with E-state index in [-0.39, 0.29) is 29.9 Å². The van der Waals surface area contributed by atoms with E-state index in [0.29, 0.717) is 11.4 Å². The van der Waals surface area contributed by atoms with E-state index in [9.17, 15) is 9.59 Å². The number of nitrogens with zero attached hydrogens (tertiary/aromatic N) is 2. The first kappa shape index (κ1) is 11.5. The molecule has 2 amide bonds. The highest BCUT2D eigenvalue weighted by atomic mass is 32.1. The van der Waals surface area contributed by atoms with Crippen molar-refractivity contribution < 1.29 is 9.59 Å². The van der Waals surface area contributed by atoms with Crippen LogP contribution in [0.15, 0.2) is 18.3 Å². The van der Waals surface area contributed by atoms with Crippen LogP contribution in [0, 0.1) is 0 Å². The molecule has 1 aromatic rings. The third-order valence-corrected chi connectivity index (χ3v) is 2.52. The number of pyridine rings is 1. The molecule has 1 aromatic heterocycles. The van der Waals surface area contributed by atoms with Crippen molar-refractivity contribution in [3.63, 3.8) is 0 Å². The van der Waals surface area contributed by atoms with Gasteiger partial charge in [0.2, 0.25) is 11.8 Å². The fraction of sp³-hybridized carbons (Fsp3) is 0.200. The molecule has 2 rings (SSSR count). The van der Waals surface area contributed by atoms with Crippen molar-refractivity contribution in [2.24, 2.45) is 5.73 Å². The van der Waals surface area contributed by atoms with Crippen LogP contribution in [0.2, 0.25) is 0 Å². The molecule has 0 atom stereocenters. The normalized spacial score (nSPS) is 15.6. The number of hydrogen-bond acceptors (Lipinski definition) is 5. The Kier molecular flexibility index (Phi) is 3.01. The number of piperazine rings is 1. The summed E-state index contributed by atoms with van der Waals surface area (Å²) < 4.78 is 0. The monoisotopic (exact) mass is 250 g/mol. The summed E-state index contributed by atoms with van der Waals surface area (Å²) in [5.41, 5.74) is 6.13. The molecule has 0 spiro atoms. The summed E-state index contributed by atoms with van der Waals surface area (Å²) in [7, 11) is 0. The number of carbonyl (C=O) groups excluding carboxylic acids is 2. The molecule has 0 bridgehead atoms. The zero-order valence-electron chi connectivity index (χ0n) is 8.84. The van der Waals surface area contributed by atoms with Crippen LogP contribution in [0.3, 0.4) is 0 Å². The number of aromatic nitrogens is 1. The van der Waals surface area contributed by atoms with Gasteiger partial charge in [-0.05, 0) is 12.1 Å². The van der Waals surface area contributed by atoms with Gasteiger partial charge in [0.15, 0.2) is 0 Å². The van der Waals surface area contributed by atoms with E-state index in [4.69, 9.17) is 18.0 Å². The average Bonchev–Trinajstić information content (AvgIpc) is 2.27. The number of thiocarbonyl (C=S) groups is 1. The van der Waals surface area contributed by atoms with Gasteiger partial charge in [-0.2, -0.15) is 0 Å². The fourth-order valence-corrected chi connectivity index (χ4v) is 1.79. The second kappa shape index (κ2) is 4.46. The first-order valence-corrected chi connectivity index (χ1v) is 5.31. The van der Waals surface area contributed by atoms with Gasteiger partial charge in [0.25, 0.3) is 0 Å². The van der Waals surface area contributed by atoms with E-state index in [1.807, 2.05) is 0 Å². The first-order valence-electron chi connectivity index (χ1n) is 4.90. The van der Waals surface area contributed by atoms with Gasteiger partial charge in [0.1, 0.15) is 10.8 Å². The molecular weight excluding hydrogens is 240 g/mol. The minimum Gasteiger partial charge on any atom is -0.389 e. The van der Waals surface area contributed by atoms with Crippen LogP contribution in [0.1, 0.15) is 5.56 Å². The second-order valence-corrected chi connectivity index (χ2v) is 4.01. The predicted octanol–water partition coefficient (Wildman–Crippen LogP) is -0.821. The van der Waals surface area contributed by atoms with Gasteiger partial charge >= 0.3 is 0 Å². The van der Waals surface area contributed by atoms with E-state index in [0.717, 1.165) is 0 Å². The standard InChI is InChI=1S/C10H10N4O2S/c11-9(17)6-2-1-3-12-10(6)14-4-7(15)13-8(16)5-14/h1-3H,4-5H2,(H2,11,17)(H,13,15,16). The van der Waals surface area contributed by atoms with Gasteiger partial charge in [0, 0.05) is 6.20 Å². The van der Waals surface area contributed by atoms with Crippen LogP contribution in [0.5, 0.6) is 0 Å². The molecule has 2 heterocycles. The Balaban J connectivity index is 2.36. The highest BCUT2D eigenvalue weighted by Crippen LogP contribution is 2.17. The molecule has 88 valence electrons. The largest absolute Gasteiger partial charge is 0.389 e. The number of anilines is 1. The SMILES string of the molecule is NC(=S)c1cccnc1N1CC(=O)NC(=O)C1. The van der Waals surface area contributed by atoms with Crippen LogP contribution in [0.25, 0.3) is 0 Å². The number of amides is 2. The van der Waals surface area contributed by atoms with E-state index in [1.165, 1.54) is 0 Å². The molecule has 0 aliphatic carbocycles. The van der Waals surface area contributed by atoms with Crippen molar-refractivity contribution in [2.75, 3.05) is 18.0 Å². The van der Waals surface area contributed by atoms with Gasteiger partial charge in [-0.15, -0.1) is 0 Å². The lowest BCUT2D eigenvalue weighted by atomic mass is 10.2. The lowest BCUT2D eigenvalue weighted by molar-refractivity contribution is -0.130. The molecule has 1 fully saturated rings. The molecule has 0 saturated carbocycles. The topological polar surface area (TPSA) is 88.3 Å². The molecule has 17 heavy (non-hydrogen) atoms. The van der Waals surface area contributed by atoms with Crippen molar-refractivity contribution in [2.45, 2.75) is 0 Å². The maximum absolute atomic E-state index is 11.3. The maximum atomic E-state index is 11.3. The van der Waals surface area contributed by atoms with Crippen LogP contribution < -0.4 is 16.0 Å². The number of rotatable bonds is 2. The average molecular weight is 250 g/mol. The van der Waals surface area contributed by atoms with Crippen molar-refractivity contribution >= 4 is 34.8 Å². The van der Waals surface area contributed by atoms with E-state index in [1.54, 1.807) is 23.2 Å². The fourth-order valence-electron chi connectivity index (χ4n) is 1.63. The molecule has 0 unspecified atom stereocenters. The Labute approximate surface area is 103 Å². The van der Waals surface area contributed by atoms with E-state index >= 15 is 0 Å². The number of nitrogens with one attached hydrogen (secondary N) is 1. The summed E-state index contributed by atoms with van der Waals surface area (Å²) in [5, 5.41) is 2.22. The van der Waals surface area contributed by atoms with E-state index in [2.05, 4.69) is 10.3 Å². The maximum Gasteiger partial charge on any atom is 0.246 e. The lowest BCUT2D eigenvalue weighted by Gasteiger charge is -2.27. The zero-order valence-corrected chi connectivity index (χ0v) is 9.66. The van der Waals surface area contributed by atoms with Crippen molar-refractivity contribution in [1.82, 2.24) is 10.3 Å². The third kappa shape index (κ3) is 2.39. The van der Waals surface area contributed by atoms with Crippen LogP contribution >= 0.6 is 12.2 Å². The molecule has 1 aliphatic rings. The molecule has 6 nitrogen and oxygen atoms in total. The van der Waals surface area contributed by atoms with Crippen molar-refractivity contribution in [3.8, 4) is 0 Å². The Morgan fingerprint density at radius 3 is 2.65 bits per heavy atom. The summed E-state index contributed by atoms with van der Waals surface area (Å²) >= 11 is 4.90. The van der Waals surface area contributed by atoms with Crippen LogP contribution in [-0.2, 0) is 9.59 Å². The Morgan fingerprint density at radius 2 is 2.06 bits per heavy atom. The zero-order chi connectivity index (χ0) is 12.4. The van der Waals surface area contributed by atoms with Crippen molar-refractivity contribution in [1.29, 1.82) is 0 Å². The molecule has 1 saturated heterocycles. The smallest absolute Gasteiger partial charge is 0.246 e. The Hall–Kier alpha value is -2.02. The molecule has 1 aliphatic heterocycles. The second-order valence-electron chi connectivity index (χ2n) is 3.57. The van der Waals surface area contributed by atoms with Gasteiger partial charge in [-0.1, -0.05) is 12.2 Å². The lowest BCUT2D eigenvalue weighted by Crippen LogP contribution is -2.52. The van der Waals surface area contributed by atoms with Gasteiger partial charge in [-0.25, -0.2) is 4.98 Å². The Morgan fingerprint density at radius 1 is 1.41 bits per heavy atom. The van der Waals surface area contributed by atoms with Gasteiger partial charge < -0.3 is 10.6 Å². The quantitative estimate of drug-likeness (QED) is 0.526. The Bertz CT molecular complexity index is 487. The number of nitrogens with two attached hydrogens (primary N) is 1. The van der Waals surface area contributed by atoms with Gasteiger partial charge in [0.05, 0.1) is 18.7 Å². The summed E-state index contributed by atoms with van der Waals surface area (Å²) in [6.07, 6.45) is 1.56. The summed E-state index contributed by atoms with van der Waals surface area (Å²) in [5.74, 6) is -0.259. The highest BCUT2D eigenvalue weighted by Gasteiger charge is 2.25. The number of carbonyl (C=O) groups is 2. The van der Waals surface area contributed by atoms with Crippen molar-refractivity contribution in [3.05, 3.63) is 23.9 Å². The summed E-state index contributed by atoms with van der Waals surface area (Å²) in [6.45, 7) is 0.136. The minimum atomic E-state index is -0.360. The highest BCUT2D eigenvalue weighted by molar-refractivity contribution is 7.80. The predicted molar refractivity (Wildman–Crippen MR) is 65.5 cm³/mol. The molecule has 0 radical (unpaired) electrons. The van der Waals surface area contributed by atoms with Crippen LogP contribution in [-0.4, -0.2) is 34.9 Å². The number of imide groups is 1. The minimum absolute atomic E-state index is 0.0678. The summed E-state index contributed by atoms with van der Waals surface area (Å²) in [6, 6.07) is 3.41. The number of hydrogen-bond donors (Lipinski definition) is 2. The molecular formula is C10H10N4O2S. The van der Waals surface area contributed by atoms with Crippen LogP contribution in [0.4, 0.5) is 5.82 Å². The first-order chi connectivity index (χ1) is 8.08. The molecule has 7 heteroatoms. The van der Waals surface area contributed by atoms with E-state index < -0.39 is 0 Å². The molecule has 3 N–H and O–H groups in total.